The predicted octanol–water partition coefficient (Wildman–Crippen LogP) is 1.93. The van der Waals surface area contributed by atoms with E-state index in [4.69, 9.17) is 0 Å². The van der Waals surface area contributed by atoms with Crippen molar-refractivity contribution in [1.29, 1.82) is 0 Å². The van der Waals surface area contributed by atoms with Crippen LogP contribution in [0.2, 0.25) is 0 Å². The Balaban J connectivity index is 1.72. The van der Waals surface area contributed by atoms with Crippen molar-refractivity contribution in [2.75, 3.05) is 4.90 Å². The van der Waals surface area contributed by atoms with Gasteiger partial charge in [-0.15, -0.1) is 0 Å². The van der Waals surface area contributed by atoms with Gasteiger partial charge in [-0.2, -0.15) is 0 Å². The topological polar surface area (TPSA) is 40.5 Å². The van der Waals surface area contributed by atoms with Gasteiger partial charge in [0.25, 0.3) is 0 Å². The van der Waals surface area contributed by atoms with Gasteiger partial charge in [-0.3, -0.25) is 9.69 Å². The second kappa shape index (κ2) is 3.67. The number of fused-ring (bicyclic) bond motifs is 5. The van der Waals surface area contributed by atoms with Crippen molar-refractivity contribution in [3.63, 3.8) is 0 Å². The highest BCUT2D eigenvalue weighted by Crippen LogP contribution is 2.54. The molecule has 1 N–H and O–H groups in total. The third-order valence-corrected chi connectivity index (χ3v) is 4.76. The van der Waals surface area contributed by atoms with Crippen molar-refractivity contribution in [1.82, 2.24) is 0 Å². The van der Waals surface area contributed by atoms with Gasteiger partial charge in [-0.25, -0.2) is 4.39 Å². The van der Waals surface area contributed by atoms with Crippen LogP contribution >= 0.6 is 0 Å². The molecule has 3 aliphatic rings. The smallest absolute Gasteiger partial charge is 0.233 e. The number of aliphatic hydroxyl groups is 1. The van der Waals surface area contributed by atoms with Crippen LogP contribution in [0, 0.1) is 29.5 Å². The van der Waals surface area contributed by atoms with Crippen molar-refractivity contribution < 1.29 is 14.3 Å². The first-order valence-electron chi connectivity index (χ1n) is 6.62. The number of aliphatic hydroxyl groups excluding tert-OH is 1. The fourth-order valence-electron chi connectivity index (χ4n) is 3.96. The molecule has 2 aliphatic carbocycles. The standard InChI is InChI=1S/C15H14FNO2/c16-10-3-5-11(6-4-10)17-14(18)12-8-1-2-9(7-8)13(12)15(17)19/h1-6,8-9,12-14,18H,7H2/t8-,9+,12-,13+,14?/m0/s1. The van der Waals surface area contributed by atoms with Crippen molar-refractivity contribution >= 4 is 11.6 Å². The lowest BCUT2D eigenvalue weighted by atomic mass is 9.85. The fraction of sp³-hybridized carbons (Fsp3) is 0.400. The quantitative estimate of drug-likeness (QED) is 0.783. The van der Waals surface area contributed by atoms with Crippen LogP contribution in [0.4, 0.5) is 10.1 Å². The van der Waals surface area contributed by atoms with E-state index < -0.39 is 6.23 Å². The van der Waals surface area contributed by atoms with Gasteiger partial charge >= 0.3 is 0 Å². The SMILES string of the molecule is O=C1[C@H]2[C@@H](C(O)N1c1ccc(F)cc1)[C@H]1C=C[C@@H]2C1. The van der Waals surface area contributed by atoms with E-state index in [-0.39, 0.29) is 29.5 Å². The summed E-state index contributed by atoms with van der Waals surface area (Å²) >= 11 is 0. The summed E-state index contributed by atoms with van der Waals surface area (Å²) in [4.78, 5) is 13.9. The van der Waals surface area contributed by atoms with Gasteiger partial charge in [0, 0.05) is 11.6 Å². The molecule has 0 aromatic heterocycles. The minimum atomic E-state index is -0.789. The van der Waals surface area contributed by atoms with Gasteiger partial charge in [0.1, 0.15) is 12.0 Å². The van der Waals surface area contributed by atoms with Gasteiger partial charge in [0.2, 0.25) is 5.91 Å². The number of carbonyl (C=O) groups excluding carboxylic acids is 1. The molecule has 2 fully saturated rings. The van der Waals surface area contributed by atoms with E-state index in [1.165, 1.54) is 17.0 Å². The van der Waals surface area contributed by atoms with Crippen LogP contribution in [-0.2, 0) is 4.79 Å². The van der Waals surface area contributed by atoms with Crippen molar-refractivity contribution in [3.05, 3.63) is 42.2 Å². The molecule has 1 saturated carbocycles. The summed E-state index contributed by atoms with van der Waals surface area (Å²) in [6.45, 7) is 0. The maximum absolute atomic E-state index is 13.0. The molecule has 1 heterocycles. The zero-order valence-corrected chi connectivity index (χ0v) is 10.2. The summed E-state index contributed by atoms with van der Waals surface area (Å²) in [6.07, 6.45) is 4.42. The molecule has 3 nitrogen and oxygen atoms in total. The molecule has 1 aliphatic heterocycles. The molecule has 98 valence electrons. The summed E-state index contributed by atoms with van der Waals surface area (Å²) in [5.74, 6) is 0.0948. The lowest BCUT2D eigenvalue weighted by molar-refractivity contribution is -0.121. The number of hydrogen-bond acceptors (Lipinski definition) is 2. The molecule has 5 atom stereocenters. The molecule has 1 aromatic carbocycles. The number of hydrogen-bond donors (Lipinski definition) is 1. The summed E-state index contributed by atoms with van der Waals surface area (Å²) in [5.41, 5.74) is 0.577. The summed E-state index contributed by atoms with van der Waals surface area (Å²) < 4.78 is 13.0. The zero-order valence-electron chi connectivity index (χ0n) is 10.2. The summed E-state index contributed by atoms with van der Waals surface area (Å²) in [6, 6.07) is 5.73. The van der Waals surface area contributed by atoms with E-state index in [0.717, 1.165) is 6.42 Å². The first-order valence-corrected chi connectivity index (χ1v) is 6.62. The Bertz CT molecular complexity index is 568. The van der Waals surface area contributed by atoms with Crippen LogP contribution in [-0.4, -0.2) is 17.2 Å². The second-order valence-electron chi connectivity index (χ2n) is 5.65. The summed E-state index contributed by atoms with van der Waals surface area (Å²) in [7, 11) is 0. The molecule has 0 spiro atoms. The molecule has 2 bridgehead atoms. The lowest BCUT2D eigenvalue weighted by Crippen LogP contribution is -2.36. The molecule has 0 radical (unpaired) electrons. The number of nitrogens with zero attached hydrogens (tertiary/aromatic N) is 1. The first-order chi connectivity index (χ1) is 9.16. The van der Waals surface area contributed by atoms with Crippen molar-refractivity contribution in [2.24, 2.45) is 23.7 Å². The Hall–Kier alpha value is -1.68. The van der Waals surface area contributed by atoms with E-state index in [2.05, 4.69) is 12.2 Å². The zero-order chi connectivity index (χ0) is 13.1. The minimum absolute atomic E-state index is 0.00690. The highest BCUT2D eigenvalue weighted by atomic mass is 19.1. The van der Waals surface area contributed by atoms with Crippen molar-refractivity contribution in [3.8, 4) is 0 Å². The van der Waals surface area contributed by atoms with E-state index >= 15 is 0 Å². The van der Waals surface area contributed by atoms with E-state index in [1.54, 1.807) is 12.1 Å². The molecule has 19 heavy (non-hydrogen) atoms. The van der Waals surface area contributed by atoms with Crippen LogP contribution in [0.3, 0.4) is 0 Å². The van der Waals surface area contributed by atoms with Crippen molar-refractivity contribution in [2.45, 2.75) is 12.6 Å². The van der Waals surface area contributed by atoms with Gasteiger partial charge in [-0.1, -0.05) is 12.2 Å². The third-order valence-electron chi connectivity index (χ3n) is 4.76. The monoisotopic (exact) mass is 259 g/mol. The number of halogens is 1. The molecule has 1 amide bonds. The number of carbonyl (C=O) groups is 1. The Morgan fingerprint density at radius 2 is 1.84 bits per heavy atom. The van der Waals surface area contributed by atoms with Gasteiger partial charge in [-0.05, 0) is 42.5 Å². The van der Waals surface area contributed by atoms with Crippen LogP contribution in [0.15, 0.2) is 36.4 Å². The third kappa shape index (κ3) is 1.38. The maximum Gasteiger partial charge on any atom is 0.233 e. The average molecular weight is 259 g/mol. The molecule has 4 rings (SSSR count). The van der Waals surface area contributed by atoms with E-state index in [9.17, 15) is 14.3 Å². The van der Waals surface area contributed by atoms with E-state index in [1.807, 2.05) is 0 Å². The van der Waals surface area contributed by atoms with Gasteiger partial charge < -0.3 is 5.11 Å². The van der Waals surface area contributed by atoms with Crippen LogP contribution in [0.5, 0.6) is 0 Å². The first kappa shape index (κ1) is 11.2. The molecule has 4 heteroatoms. The maximum atomic E-state index is 13.0. The van der Waals surface area contributed by atoms with E-state index in [0.29, 0.717) is 11.6 Å². The van der Waals surface area contributed by atoms with Crippen LogP contribution in [0.1, 0.15) is 6.42 Å². The Labute approximate surface area is 110 Å². The number of benzene rings is 1. The molecule has 1 saturated heterocycles. The molecule has 1 unspecified atom stereocenters. The number of allylic oxidation sites excluding steroid dienone is 2. The van der Waals surface area contributed by atoms with Gasteiger partial charge in [0.05, 0.1) is 5.92 Å². The Kier molecular flexibility index (Phi) is 2.16. The molecular weight excluding hydrogens is 245 g/mol. The number of rotatable bonds is 1. The van der Waals surface area contributed by atoms with Crippen LogP contribution in [0.25, 0.3) is 0 Å². The minimum Gasteiger partial charge on any atom is -0.373 e. The van der Waals surface area contributed by atoms with Crippen LogP contribution < -0.4 is 4.90 Å². The normalized spacial score (nSPS) is 39.2. The van der Waals surface area contributed by atoms with Gasteiger partial charge in [0.15, 0.2) is 0 Å². The average Bonchev–Trinajstić information content (AvgIpc) is 3.06. The lowest BCUT2D eigenvalue weighted by Gasteiger charge is -2.25. The molecular formula is C15H14FNO2. The summed E-state index contributed by atoms with van der Waals surface area (Å²) in [5, 5.41) is 10.5. The number of amides is 1. The fourth-order valence-corrected chi connectivity index (χ4v) is 3.96. The predicted molar refractivity (Wildman–Crippen MR) is 67.6 cm³/mol. The second-order valence-corrected chi connectivity index (χ2v) is 5.65. The highest BCUT2D eigenvalue weighted by molar-refractivity contribution is 5.99. The Morgan fingerprint density at radius 1 is 1.16 bits per heavy atom. The highest BCUT2D eigenvalue weighted by Gasteiger charge is 2.59. The number of anilines is 1. The largest absolute Gasteiger partial charge is 0.373 e. The molecule has 1 aromatic rings. The Morgan fingerprint density at radius 3 is 2.53 bits per heavy atom.